The van der Waals surface area contributed by atoms with E-state index < -0.39 is 6.09 Å². The lowest BCUT2D eigenvalue weighted by atomic mass is 10.9. The highest BCUT2D eigenvalue weighted by molar-refractivity contribution is 5.66. The fourth-order valence-corrected chi connectivity index (χ4v) is 0.233. The topological polar surface area (TPSA) is 64.6 Å². The molecule has 9 heavy (non-hydrogen) atoms. The maximum absolute atomic E-state index is 10.2. The number of hydrogen-bond donors (Lipinski definition) is 1. The van der Waals surface area contributed by atoms with Crippen molar-refractivity contribution in [3.63, 3.8) is 0 Å². The fraction of sp³-hybridized carbons (Fsp3) is 0.500. The zero-order valence-corrected chi connectivity index (χ0v) is 4.92. The highest BCUT2D eigenvalue weighted by Crippen LogP contribution is 1.73. The van der Waals surface area contributed by atoms with Gasteiger partial charge < -0.3 is 9.57 Å². The molecule has 0 saturated heterocycles. The number of ether oxygens (including phenoxy) is 1. The van der Waals surface area contributed by atoms with E-state index in [-0.39, 0.29) is 13.1 Å². The van der Waals surface area contributed by atoms with Crippen molar-refractivity contribution in [2.75, 3.05) is 6.61 Å². The highest BCUT2D eigenvalue weighted by atomic mass is 16.7. The summed E-state index contributed by atoms with van der Waals surface area (Å²) < 4.78 is 4.31. The van der Waals surface area contributed by atoms with Gasteiger partial charge in [0.25, 0.3) is 0 Å². The molecular weight excluding hydrogens is 126 g/mol. The number of hydroxylamine groups is 1. The van der Waals surface area contributed by atoms with Crippen molar-refractivity contribution in [2.24, 2.45) is 0 Å². The van der Waals surface area contributed by atoms with Gasteiger partial charge in [0.05, 0.1) is 6.61 Å². The summed E-state index contributed by atoms with van der Waals surface area (Å²) in [5.41, 5.74) is 1.70. The van der Waals surface area contributed by atoms with Crippen LogP contribution in [0.15, 0.2) is 0 Å². The Kier molecular flexibility index (Phi) is 4.20. The van der Waals surface area contributed by atoms with Gasteiger partial charge in [0.2, 0.25) is 0 Å². The number of carbonyl (C=O) groups is 2. The van der Waals surface area contributed by atoms with Crippen LogP contribution in [0.5, 0.6) is 0 Å². The summed E-state index contributed by atoms with van der Waals surface area (Å²) in [4.78, 5) is 23.4. The molecule has 0 bridgehead atoms. The normalized spacial score (nSPS) is 7.67. The Morgan fingerprint density at radius 1 is 1.78 bits per heavy atom. The average molecular weight is 133 g/mol. The van der Waals surface area contributed by atoms with E-state index in [1.807, 2.05) is 0 Å². The van der Waals surface area contributed by atoms with Crippen LogP contribution in [0.1, 0.15) is 6.92 Å². The minimum absolute atomic E-state index is 0.0942. The van der Waals surface area contributed by atoms with Crippen LogP contribution >= 0.6 is 0 Å². The molecule has 5 nitrogen and oxygen atoms in total. The standard InChI is InChI=1S/C4H7NO4/c1-2-8-4(7)5-9-3-6/h3H,2H2,1H3,(H,5,7). The number of amides is 1. The Bertz CT molecular complexity index is 103. The SMILES string of the molecule is CCOC(=O)NOC=O. The van der Waals surface area contributed by atoms with Crippen molar-refractivity contribution >= 4 is 12.6 Å². The van der Waals surface area contributed by atoms with Gasteiger partial charge in [0.15, 0.2) is 0 Å². The lowest BCUT2D eigenvalue weighted by molar-refractivity contribution is -0.134. The summed E-state index contributed by atoms with van der Waals surface area (Å²) in [6.07, 6.45) is -0.774. The Morgan fingerprint density at radius 2 is 2.44 bits per heavy atom. The molecule has 0 radical (unpaired) electrons. The molecule has 0 aromatic rings. The summed E-state index contributed by atoms with van der Waals surface area (Å²) in [6, 6.07) is 0. The molecule has 0 aliphatic heterocycles. The third-order valence-electron chi connectivity index (χ3n) is 0.466. The van der Waals surface area contributed by atoms with Crippen LogP contribution in [-0.2, 0) is 14.4 Å². The molecule has 0 aliphatic rings. The number of rotatable bonds is 3. The first-order valence-electron chi connectivity index (χ1n) is 2.33. The van der Waals surface area contributed by atoms with Crippen LogP contribution in [-0.4, -0.2) is 19.2 Å². The van der Waals surface area contributed by atoms with Gasteiger partial charge in [-0.25, -0.2) is 4.79 Å². The predicted octanol–water partition coefficient (Wildman–Crippen LogP) is -0.179. The van der Waals surface area contributed by atoms with E-state index in [0.717, 1.165) is 0 Å². The van der Waals surface area contributed by atoms with Gasteiger partial charge >= 0.3 is 12.6 Å². The van der Waals surface area contributed by atoms with Crippen LogP contribution in [0.4, 0.5) is 4.79 Å². The zero-order valence-electron chi connectivity index (χ0n) is 4.92. The summed E-state index contributed by atoms with van der Waals surface area (Å²) in [5.74, 6) is 0. The van der Waals surface area contributed by atoms with E-state index in [4.69, 9.17) is 0 Å². The van der Waals surface area contributed by atoms with Crippen molar-refractivity contribution in [3.05, 3.63) is 0 Å². The van der Waals surface area contributed by atoms with Crippen LogP contribution in [0.2, 0.25) is 0 Å². The zero-order chi connectivity index (χ0) is 7.11. The van der Waals surface area contributed by atoms with Gasteiger partial charge in [-0.1, -0.05) is 0 Å². The van der Waals surface area contributed by atoms with Crippen LogP contribution in [0.3, 0.4) is 0 Å². The molecule has 52 valence electrons. The van der Waals surface area contributed by atoms with Crippen LogP contribution in [0, 0.1) is 0 Å². The first-order valence-corrected chi connectivity index (χ1v) is 2.33. The Morgan fingerprint density at radius 3 is 2.89 bits per heavy atom. The second-order valence-corrected chi connectivity index (χ2v) is 1.04. The summed E-state index contributed by atoms with van der Waals surface area (Å²) in [6.45, 7) is 1.98. The lowest BCUT2D eigenvalue weighted by Gasteiger charge is -1.99. The minimum atomic E-state index is -0.774. The maximum Gasteiger partial charge on any atom is 0.440 e. The minimum Gasteiger partial charge on any atom is -0.448 e. The molecule has 5 heteroatoms. The largest absolute Gasteiger partial charge is 0.448 e. The quantitative estimate of drug-likeness (QED) is 0.428. The fourth-order valence-electron chi connectivity index (χ4n) is 0.233. The molecule has 1 amide bonds. The van der Waals surface area contributed by atoms with Gasteiger partial charge in [-0.2, -0.15) is 0 Å². The second kappa shape index (κ2) is 4.89. The maximum atomic E-state index is 10.2. The average Bonchev–Trinajstić information content (AvgIpc) is 1.85. The molecule has 0 rings (SSSR count). The highest BCUT2D eigenvalue weighted by Gasteiger charge is 1.96. The Labute approximate surface area is 51.9 Å². The molecule has 0 saturated carbocycles. The molecule has 0 heterocycles. The monoisotopic (exact) mass is 133 g/mol. The van der Waals surface area contributed by atoms with E-state index >= 15 is 0 Å². The number of hydrogen-bond acceptors (Lipinski definition) is 4. The molecule has 0 spiro atoms. The van der Waals surface area contributed by atoms with Crippen molar-refractivity contribution in [1.29, 1.82) is 0 Å². The van der Waals surface area contributed by atoms with Gasteiger partial charge in [-0.15, -0.1) is 5.48 Å². The van der Waals surface area contributed by atoms with Crippen molar-refractivity contribution < 1.29 is 19.2 Å². The third kappa shape index (κ3) is 4.60. The first kappa shape index (κ1) is 7.74. The van der Waals surface area contributed by atoms with Crippen molar-refractivity contribution in [3.8, 4) is 0 Å². The summed E-state index contributed by atoms with van der Waals surface area (Å²) in [7, 11) is 0. The molecule has 0 aromatic heterocycles. The molecule has 0 aliphatic carbocycles. The molecule has 0 aromatic carbocycles. The van der Waals surface area contributed by atoms with Gasteiger partial charge in [0, 0.05) is 0 Å². The van der Waals surface area contributed by atoms with Crippen molar-refractivity contribution in [1.82, 2.24) is 5.48 Å². The number of nitrogens with one attached hydrogen (secondary N) is 1. The molecule has 0 unspecified atom stereocenters. The second-order valence-electron chi connectivity index (χ2n) is 1.04. The van der Waals surface area contributed by atoms with Crippen molar-refractivity contribution in [2.45, 2.75) is 6.92 Å². The van der Waals surface area contributed by atoms with E-state index in [1.165, 1.54) is 0 Å². The first-order chi connectivity index (χ1) is 4.31. The van der Waals surface area contributed by atoms with Gasteiger partial charge in [-0.05, 0) is 6.92 Å². The number of carbonyl (C=O) groups excluding carboxylic acids is 2. The molecule has 0 atom stereocenters. The molecular formula is C4H7NO4. The smallest absolute Gasteiger partial charge is 0.440 e. The van der Waals surface area contributed by atoms with E-state index in [0.29, 0.717) is 0 Å². The third-order valence-corrected chi connectivity index (χ3v) is 0.466. The van der Waals surface area contributed by atoms with E-state index in [1.54, 1.807) is 12.4 Å². The van der Waals surface area contributed by atoms with Gasteiger partial charge in [0.1, 0.15) is 0 Å². The van der Waals surface area contributed by atoms with Crippen LogP contribution in [0.25, 0.3) is 0 Å². The molecule has 1 N–H and O–H groups in total. The lowest BCUT2D eigenvalue weighted by Crippen LogP contribution is -2.23. The van der Waals surface area contributed by atoms with E-state index in [9.17, 15) is 9.59 Å². The Balaban J connectivity index is 3.16. The summed E-state index contributed by atoms with van der Waals surface area (Å²) in [5, 5.41) is 0. The predicted molar refractivity (Wildman–Crippen MR) is 27.3 cm³/mol. The van der Waals surface area contributed by atoms with E-state index in [2.05, 4.69) is 9.57 Å². The summed E-state index contributed by atoms with van der Waals surface area (Å²) >= 11 is 0. The Hall–Kier alpha value is -1.26. The molecule has 0 fully saturated rings. The van der Waals surface area contributed by atoms with Gasteiger partial charge in [-0.3, -0.25) is 4.79 Å². The van der Waals surface area contributed by atoms with Crippen LogP contribution < -0.4 is 5.48 Å².